The van der Waals surface area contributed by atoms with E-state index in [9.17, 15) is 4.79 Å². The maximum Gasteiger partial charge on any atom is 0.255 e. The molecule has 1 amide bonds. The average molecular weight is 414 g/mol. The number of ether oxygens (including phenoxy) is 1. The summed E-state index contributed by atoms with van der Waals surface area (Å²) in [5.41, 5.74) is 3.25. The maximum atomic E-state index is 12.4. The van der Waals surface area contributed by atoms with Gasteiger partial charge in [-0.1, -0.05) is 35.5 Å². The van der Waals surface area contributed by atoms with Gasteiger partial charge in [0.25, 0.3) is 5.91 Å². The summed E-state index contributed by atoms with van der Waals surface area (Å²) in [5.74, 6) is 1.71. The first-order valence-electron chi connectivity index (χ1n) is 9.84. The molecule has 7 nitrogen and oxygen atoms in total. The van der Waals surface area contributed by atoms with E-state index in [0.717, 1.165) is 17.0 Å². The number of benzene rings is 3. The Morgan fingerprint density at radius 1 is 0.935 bits per heavy atom. The minimum atomic E-state index is -0.181. The van der Waals surface area contributed by atoms with Crippen LogP contribution in [0.1, 0.15) is 27.6 Å². The summed E-state index contributed by atoms with van der Waals surface area (Å²) in [7, 11) is 1.60. The number of hydrogen-bond acceptors (Lipinski definition) is 6. The Hall–Kier alpha value is -4.13. The van der Waals surface area contributed by atoms with Gasteiger partial charge in [-0.05, 0) is 54.1 Å². The summed E-state index contributed by atoms with van der Waals surface area (Å²) < 4.78 is 10.4. The zero-order valence-electron chi connectivity index (χ0n) is 17.0. The summed E-state index contributed by atoms with van der Waals surface area (Å²) >= 11 is 0. The number of hydrogen-bond donors (Lipinski definition) is 2. The van der Waals surface area contributed by atoms with Crippen molar-refractivity contribution in [2.24, 2.45) is 0 Å². The Kier molecular flexibility index (Phi) is 6.23. The van der Waals surface area contributed by atoms with Gasteiger partial charge >= 0.3 is 0 Å². The summed E-state index contributed by atoms with van der Waals surface area (Å²) in [6, 6.07) is 24.4. The van der Waals surface area contributed by atoms with E-state index in [1.807, 2.05) is 42.5 Å². The first-order valence-corrected chi connectivity index (χ1v) is 9.84. The molecule has 4 rings (SSSR count). The molecule has 3 aromatic carbocycles. The van der Waals surface area contributed by atoms with Crippen LogP contribution >= 0.6 is 0 Å². The molecule has 156 valence electrons. The zero-order chi connectivity index (χ0) is 21.5. The Bertz CT molecular complexity index is 1120. The second kappa shape index (κ2) is 9.58. The molecule has 2 N–H and O–H groups in total. The van der Waals surface area contributed by atoms with Crippen molar-refractivity contribution in [1.29, 1.82) is 0 Å². The maximum absolute atomic E-state index is 12.4. The van der Waals surface area contributed by atoms with Gasteiger partial charge in [-0.2, -0.15) is 4.98 Å². The third kappa shape index (κ3) is 5.48. The van der Waals surface area contributed by atoms with E-state index >= 15 is 0 Å². The molecule has 31 heavy (non-hydrogen) atoms. The van der Waals surface area contributed by atoms with Crippen molar-refractivity contribution >= 4 is 17.3 Å². The van der Waals surface area contributed by atoms with Crippen LogP contribution in [0.25, 0.3) is 0 Å². The van der Waals surface area contributed by atoms with E-state index in [0.29, 0.717) is 35.9 Å². The van der Waals surface area contributed by atoms with Crippen molar-refractivity contribution in [1.82, 2.24) is 10.1 Å². The smallest absolute Gasteiger partial charge is 0.255 e. The fraction of sp³-hybridized carbons (Fsp3) is 0.125. The van der Waals surface area contributed by atoms with Crippen LogP contribution in [0, 0.1) is 0 Å². The molecule has 0 saturated heterocycles. The fourth-order valence-electron chi connectivity index (χ4n) is 3.01. The molecule has 7 heteroatoms. The van der Waals surface area contributed by atoms with Gasteiger partial charge in [0, 0.05) is 23.4 Å². The number of methoxy groups -OCH3 is 1. The van der Waals surface area contributed by atoms with E-state index < -0.39 is 0 Å². The monoisotopic (exact) mass is 414 g/mol. The van der Waals surface area contributed by atoms with Gasteiger partial charge in [-0.3, -0.25) is 4.79 Å². The average Bonchev–Trinajstić information content (AvgIpc) is 3.26. The lowest BCUT2D eigenvalue weighted by molar-refractivity contribution is 0.102. The van der Waals surface area contributed by atoms with Crippen LogP contribution < -0.4 is 15.4 Å². The molecule has 0 aliphatic rings. The van der Waals surface area contributed by atoms with Crippen molar-refractivity contribution in [2.45, 2.75) is 13.0 Å². The predicted molar refractivity (Wildman–Crippen MR) is 118 cm³/mol. The predicted octanol–water partition coefficient (Wildman–Crippen LogP) is 4.53. The van der Waals surface area contributed by atoms with Crippen molar-refractivity contribution in [3.63, 3.8) is 0 Å². The van der Waals surface area contributed by atoms with E-state index in [1.54, 1.807) is 43.5 Å². The van der Waals surface area contributed by atoms with Gasteiger partial charge in [0.15, 0.2) is 5.82 Å². The highest BCUT2D eigenvalue weighted by atomic mass is 16.5. The van der Waals surface area contributed by atoms with E-state index in [-0.39, 0.29) is 5.91 Å². The Balaban J connectivity index is 1.30. The quantitative estimate of drug-likeness (QED) is 0.440. The topological polar surface area (TPSA) is 89.3 Å². The summed E-state index contributed by atoms with van der Waals surface area (Å²) in [6.45, 7) is 0.402. The van der Waals surface area contributed by atoms with Crippen molar-refractivity contribution in [3.8, 4) is 5.75 Å². The molecular weight excluding hydrogens is 392 g/mol. The molecule has 0 aliphatic heterocycles. The normalized spacial score (nSPS) is 10.5. The number of nitrogens with one attached hydrogen (secondary N) is 2. The molecule has 0 unspecified atom stereocenters. The van der Waals surface area contributed by atoms with Gasteiger partial charge in [-0.15, -0.1) is 0 Å². The minimum Gasteiger partial charge on any atom is -0.497 e. The number of amides is 1. The number of carbonyl (C=O) groups is 1. The highest BCUT2D eigenvalue weighted by molar-refractivity contribution is 6.04. The van der Waals surface area contributed by atoms with Crippen molar-refractivity contribution in [3.05, 3.63) is 102 Å². The number of rotatable bonds is 8. The molecule has 4 aromatic rings. The molecule has 0 atom stereocenters. The summed E-state index contributed by atoms with van der Waals surface area (Å²) in [6.07, 6.45) is 0.627. The van der Waals surface area contributed by atoms with Gasteiger partial charge < -0.3 is 19.9 Å². The zero-order valence-corrected chi connectivity index (χ0v) is 17.0. The lowest BCUT2D eigenvalue weighted by Gasteiger charge is -2.08. The highest BCUT2D eigenvalue weighted by Crippen LogP contribution is 2.17. The lowest BCUT2D eigenvalue weighted by Crippen LogP contribution is -2.11. The standard InChI is InChI=1S/C24H22N4O3/c1-30-21-13-11-20(12-14-21)26-24(29)18-7-9-19(10-8-18)25-16-23-27-22(28-31-23)15-17-5-3-2-4-6-17/h2-14,25H,15-16H2,1H3,(H,26,29). The van der Waals surface area contributed by atoms with Crippen LogP contribution in [0.5, 0.6) is 5.75 Å². The second-order valence-corrected chi connectivity index (χ2v) is 6.88. The van der Waals surface area contributed by atoms with Crippen LogP contribution in [0.2, 0.25) is 0 Å². The van der Waals surface area contributed by atoms with Crippen LogP contribution in [0.4, 0.5) is 11.4 Å². The largest absolute Gasteiger partial charge is 0.497 e. The molecule has 0 fully saturated rings. The minimum absolute atomic E-state index is 0.181. The van der Waals surface area contributed by atoms with Crippen molar-refractivity contribution < 1.29 is 14.1 Å². The molecule has 0 bridgehead atoms. The number of anilines is 2. The molecule has 1 aromatic heterocycles. The Morgan fingerprint density at radius 2 is 1.65 bits per heavy atom. The van der Waals surface area contributed by atoms with Crippen LogP contribution in [-0.4, -0.2) is 23.2 Å². The van der Waals surface area contributed by atoms with Gasteiger partial charge in [0.1, 0.15) is 5.75 Å². The van der Waals surface area contributed by atoms with E-state index in [4.69, 9.17) is 9.26 Å². The first kappa shape index (κ1) is 20.2. The van der Waals surface area contributed by atoms with Crippen molar-refractivity contribution in [2.75, 3.05) is 17.7 Å². The lowest BCUT2D eigenvalue weighted by atomic mass is 10.1. The highest BCUT2D eigenvalue weighted by Gasteiger charge is 2.09. The summed E-state index contributed by atoms with van der Waals surface area (Å²) in [5, 5.41) is 10.1. The van der Waals surface area contributed by atoms with Gasteiger partial charge in [0.05, 0.1) is 13.7 Å². The third-order valence-electron chi connectivity index (χ3n) is 4.65. The number of aromatic nitrogens is 2. The van der Waals surface area contributed by atoms with Gasteiger partial charge in [0.2, 0.25) is 5.89 Å². The van der Waals surface area contributed by atoms with Crippen LogP contribution in [0.15, 0.2) is 83.4 Å². The molecule has 0 aliphatic carbocycles. The third-order valence-corrected chi connectivity index (χ3v) is 4.65. The molecule has 0 spiro atoms. The van der Waals surface area contributed by atoms with E-state index in [2.05, 4.69) is 20.8 Å². The SMILES string of the molecule is COc1ccc(NC(=O)c2ccc(NCc3nc(Cc4ccccc4)no3)cc2)cc1. The molecular formula is C24H22N4O3. The van der Waals surface area contributed by atoms with E-state index in [1.165, 1.54) is 0 Å². The second-order valence-electron chi connectivity index (χ2n) is 6.88. The fourth-order valence-corrected chi connectivity index (χ4v) is 3.01. The first-order chi connectivity index (χ1) is 15.2. The molecule has 0 saturated carbocycles. The molecule has 1 heterocycles. The van der Waals surface area contributed by atoms with Crippen LogP contribution in [-0.2, 0) is 13.0 Å². The number of carbonyl (C=O) groups excluding carboxylic acids is 1. The van der Waals surface area contributed by atoms with Gasteiger partial charge in [-0.25, -0.2) is 0 Å². The van der Waals surface area contributed by atoms with Crippen LogP contribution in [0.3, 0.4) is 0 Å². The Labute approximate surface area is 180 Å². The molecule has 0 radical (unpaired) electrons. The summed E-state index contributed by atoms with van der Waals surface area (Å²) in [4.78, 5) is 16.8. The number of nitrogens with zero attached hydrogens (tertiary/aromatic N) is 2. The Morgan fingerprint density at radius 3 is 2.35 bits per heavy atom.